The van der Waals surface area contributed by atoms with Crippen LogP contribution in [-0.2, 0) is 0 Å². The molecular weight excluding hydrogens is 402 g/mol. The van der Waals surface area contributed by atoms with Crippen LogP contribution in [0.5, 0.6) is 17.2 Å². The Bertz CT molecular complexity index is 790. The molecule has 0 N–H and O–H groups in total. The predicted octanol–water partition coefficient (Wildman–Crippen LogP) is 4.86. The SMILES string of the molecule is COc1cccc(/C=C\c2cc(Br)c(OC(=S)N(C)C)c(OC)c2)c1. The molecule has 0 aromatic heterocycles. The highest BCUT2D eigenvalue weighted by atomic mass is 79.9. The second-order valence-electron chi connectivity index (χ2n) is 5.41. The number of hydrogen-bond donors (Lipinski definition) is 0. The Hall–Kier alpha value is -2.05. The number of methoxy groups -OCH3 is 2. The molecule has 2 rings (SSSR count). The van der Waals surface area contributed by atoms with Crippen molar-refractivity contribution in [2.75, 3.05) is 28.3 Å². The van der Waals surface area contributed by atoms with E-state index in [0.717, 1.165) is 21.3 Å². The molecule has 0 heterocycles. The molecule has 0 atom stereocenters. The van der Waals surface area contributed by atoms with Gasteiger partial charge in [-0.15, -0.1) is 0 Å². The maximum Gasteiger partial charge on any atom is 0.264 e. The summed E-state index contributed by atoms with van der Waals surface area (Å²) in [6, 6.07) is 11.7. The summed E-state index contributed by atoms with van der Waals surface area (Å²) < 4.78 is 17.2. The summed E-state index contributed by atoms with van der Waals surface area (Å²) in [6.07, 6.45) is 4.00. The second-order valence-corrected chi connectivity index (χ2v) is 6.61. The third-order valence-corrected chi connectivity index (χ3v) is 4.41. The normalized spacial score (nSPS) is 10.6. The van der Waals surface area contributed by atoms with E-state index in [1.54, 1.807) is 19.1 Å². The quantitative estimate of drug-likeness (QED) is 0.507. The van der Waals surface area contributed by atoms with Gasteiger partial charge in [0.2, 0.25) is 0 Å². The molecule has 0 radical (unpaired) electrons. The summed E-state index contributed by atoms with van der Waals surface area (Å²) in [5.74, 6) is 1.98. The van der Waals surface area contributed by atoms with E-state index >= 15 is 0 Å². The molecule has 6 heteroatoms. The average molecular weight is 422 g/mol. The lowest BCUT2D eigenvalue weighted by Crippen LogP contribution is -2.25. The minimum Gasteiger partial charge on any atom is -0.497 e. The van der Waals surface area contributed by atoms with Crippen LogP contribution in [0.25, 0.3) is 12.2 Å². The zero-order valence-electron chi connectivity index (χ0n) is 14.6. The fraction of sp³-hybridized carbons (Fsp3) is 0.211. The van der Waals surface area contributed by atoms with E-state index in [1.807, 2.05) is 62.6 Å². The zero-order valence-corrected chi connectivity index (χ0v) is 17.0. The highest BCUT2D eigenvalue weighted by Crippen LogP contribution is 2.37. The van der Waals surface area contributed by atoms with Gasteiger partial charge < -0.3 is 19.1 Å². The van der Waals surface area contributed by atoms with Gasteiger partial charge in [0.1, 0.15) is 5.75 Å². The first-order valence-corrected chi connectivity index (χ1v) is 8.73. The number of hydrogen-bond acceptors (Lipinski definition) is 4. The molecule has 0 saturated heterocycles. The molecule has 0 fully saturated rings. The Kier molecular flexibility index (Phi) is 6.84. The van der Waals surface area contributed by atoms with E-state index < -0.39 is 0 Å². The highest BCUT2D eigenvalue weighted by molar-refractivity contribution is 9.10. The van der Waals surface area contributed by atoms with Crippen molar-refractivity contribution in [1.29, 1.82) is 0 Å². The molecular formula is C19H20BrNO3S. The molecule has 2 aromatic rings. The van der Waals surface area contributed by atoms with Crippen LogP contribution in [0.1, 0.15) is 11.1 Å². The molecule has 0 aliphatic heterocycles. The Labute approximate surface area is 162 Å². The third kappa shape index (κ3) is 5.21. The maximum atomic E-state index is 5.72. The number of rotatable bonds is 5. The van der Waals surface area contributed by atoms with Crippen molar-refractivity contribution in [3.63, 3.8) is 0 Å². The van der Waals surface area contributed by atoms with Crippen molar-refractivity contribution in [3.05, 3.63) is 52.0 Å². The van der Waals surface area contributed by atoms with E-state index in [4.69, 9.17) is 26.4 Å². The van der Waals surface area contributed by atoms with Gasteiger partial charge in [0.25, 0.3) is 5.17 Å². The lowest BCUT2D eigenvalue weighted by molar-refractivity contribution is 0.376. The van der Waals surface area contributed by atoms with Crippen LogP contribution in [0.3, 0.4) is 0 Å². The largest absolute Gasteiger partial charge is 0.497 e. The fourth-order valence-corrected chi connectivity index (χ4v) is 2.68. The summed E-state index contributed by atoms with van der Waals surface area (Å²) >= 11 is 8.73. The van der Waals surface area contributed by atoms with E-state index in [2.05, 4.69) is 15.9 Å². The molecule has 0 aliphatic carbocycles. The van der Waals surface area contributed by atoms with Crippen LogP contribution >= 0.6 is 28.1 Å². The van der Waals surface area contributed by atoms with Crippen LogP contribution in [0, 0.1) is 0 Å². The number of ether oxygens (including phenoxy) is 3. The Morgan fingerprint density at radius 2 is 1.76 bits per heavy atom. The highest BCUT2D eigenvalue weighted by Gasteiger charge is 2.14. The summed E-state index contributed by atoms with van der Waals surface area (Å²) in [7, 11) is 6.91. The van der Waals surface area contributed by atoms with Crippen molar-refractivity contribution >= 4 is 45.5 Å². The van der Waals surface area contributed by atoms with Crippen LogP contribution in [-0.4, -0.2) is 38.4 Å². The Balaban J connectivity index is 2.29. The smallest absolute Gasteiger partial charge is 0.264 e. The van der Waals surface area contributed by atoms with Crippen molar-refractivity contribution in [1.82, 2.24) is 4.90 Å². The van der Waals surface area contributed by atoms with Gasteiger partial charge >= 0.3 is 0 Å². The van der Waals surface area contributed by atoms with Crippen LogP contribution in [0.4, 0.5) is 0 Å². The second kappa shape index (κ2) is 8.87. The van der Waals surface area contributed by atoms with Crippen molar-refractivity contribution in [2.24, 2.45) is 0 Å². The van der Waals surface area contributed by atoms with E-state index in [1.165, 1.54) is 0 Å². The van der Waals surface area contributed by atoms with Crippen LogP contribution < -0.4 is 14.2 Å². The summed E-state index contributed by atoms with van der Waals surface area (Å²) in [5, 5.41) is 0.360. The molecule has 4 nitrogen and oxygen atoms in total. The summed E-state index contributed by atoms with van der Waals surface area (Å²) in [5.41, 5.74) is 2.01. The third-order valence-electron chi connectivity index (χ3n) is 3.37. The molecule has 132 valence electrons. The molecule has 0 bridgehead atoms. The van der Waals surface area contributed by atoms with Crippen molar-refractivity contribution < 1.29 is 14.2 Å². The van der Waals surface area contributed by atoms with Gasteiger partial charge in [0.15, 0.2) is 11.5 Å². The van der Waals surface area contributed by atoms with Gasteiger partial charge in [-0.2, -0.15) is 0 Å². The lowest BCUT2D eigenvalue weighted by atomic mass is 10.1. The summed E-state index contributed by atoms with van der Waals surface area (Å²) in [6.45, 7) is 0. The van der Waals surface area contributed by atoms with E-state index in [9.17, 15) is 0 Å². The fourth-order valence-electron chi connectivity index (χ4n) is 2.05. The van der Waals surface area contributed by atoms with Gasteiger partial charge in [0, 0.05) is 14.1 Å². The van der Waals surface area contributed by atoms with Gasteiger partial charge in [0.05, 0.1) is 18.7 Å². The van der Waals surface area contributed by atoms with Gasteiger partial charge in [-0.25, -0.2) is 0 Å². The maximum absolute atomic E-state index is 5.72. The standard InChI is InChI=1S/C19H20BrNO3S/c1-21(2)19(25)24-18-16(20)11-14(12-17(18)23-4)9-8-13-6-5-7-15(10-13)22-3/h5-12H,1-4H3/b9-8-. The average Bonchev–Trinajstić information content (AvgIpc) is 2.61. The number of benzene rings is 2. The Morgan fingerprint density at radius 1 is 1.04 bits per heavy atom. The molecule has 0 amide bonds. The van der Waals surface area contributed by atoms with Gasteiger partial charge in [-0.1, -0.05) is 24.3 Å². The minimum atomic E-state index is 0.360. The molecule has 2 aromatic carbocycles. The topological polar surface area (TPSA) is 30.9 Å². The van der Waals surface area contributed by atoms with E-state index in [0.29, 0.717) is 16.7 Å². The predicted molar refractivity (Wildman–Crippen MR) is 110 cm³/mol. The van der Waals surface area contributed by atoms with Crippen LogP contribution in [0.15, 0.2) is 40.9 Å². The summed E-state index contributed by atoms with van der Waals surface area (Å²) in [4.78, 5) is 1.72. The number of halogens is 1. The number of nitrogens with zero attached hydrogens (tertiary/aromatic N) is 1. The first-order valence-electron chi connectivity index (χ1n) is 7.53. The molecule has 0 spiro atoms. The van der Waals surface area contributed by atoms with Gasteiger partial charge in [-0.3, -0.25) is 0 Å². The molecule has 0 saturated carbocycles. The Morgan fingerprint density at radius 3 is 2.40 bits per heavy atom. The lowest BCUT2D eigenvalue weighted by Gasteiger charge is -2.17. The first-order chi connectivity index (χ1) is 11.9. The molecule has 0 aliphatic rings. The van der Waals surface area contributed by atoms with Crippen molar-refractivity contribution in [2.45, 2.75) is 0 Å². The monoisotopic (exact) mass is 421 g/mol. The molecule has 0 unspecified atom stereocenters. The zero-order chi connectivity index (χ0) is 18.4. The molecule has 25 heavy (non-hydrogen) atoms. The minimum absolute atomic E-state index is 0.360. The van der Waals surface area contributed by atoms with Crippen LogP contribution in [0.2, 0.25) is 0 Å². The van der Waals surface area contributed by atoms with Gasteiger partial charge in [-0.05, 0) is 63.5 Å². The van der Waals surface area contributed by atoms with E-state index in [-0.39, 0.29) is 0 Å². The van der Waals surface area contributed by atoms with Crippen molar-refractivity contribution in [3.8, 4) is 17.2 Å². The first kappa shape index (κ1) is 19.3. The number of thiocarbonyl (C=S) groups is 1.